The Labute approximate surface area is 106 Å². The summed E-state index contributed by atoms with van der Waals surface area (Å²) in [5.41, 5.74) is 0. The third-order valence-corrected chi connectivity index (χ3v) is 2.83. The van der Waals surface area contributed by atoms with Crippen molar-refractivity contribution >= 4 is 23.8 Å². The first-order chi connectivity index (χ1) is 8.02. The molecule has 0 saturated carbocycles. The molecule has 0 aliphatic carbocycles. The van der Waals surface area contributed by atoms with E-state index < -0.39 is 18.0 Å². The lowest BCUT2D eigenvalue weighted by Crippen LogP contribution is -2.47. The van der Waals surface area contributed by atoms with E-state index in [-0.39, 0.29) is 0 Å². The number of ether oxygens (including phenoxy) is 1. The smallest absolute Gasteiger partial charge is 0.326 e. The molecular weight excluding hydrogens is 244 g/mol. The van der Waals surface area contributed by atoms with Crippen molar-refractivity contribution in [2.75, 3.05) is 39.3 Å². The number of rotatable bonds is 8. The van der Waals surface area contributed by atoms with Crippen LogP contribution in [0.2, 0.25) is 0 Å². The van der Waals surface area contributed by atoms with Crippen LogP contribution in [0.5, 0.6) is 0 Å². The minimum absolute atomic E-state index is 0.393. The number of thioether (sulfide) groups is 1. The molecular formula is C10H20N2O4S. The molecule has 2 amide bonds. The highest BCUT2D eigenvalue weighted by Crippen LogP contribution is 2.01. The molecule has 0 aromatic carbocycles. The molecule has 0 aliphatic heterocycles. The van der Waals surface area contributed by atoms with Crippen LogP contribution in [0.4, 0.5) is 4.79 Å². The molecule has 0 rings (SSSR count). The van der Waals surface area contributed by atoms with E-state index in [0.29, 0.717) is 25.3 Å². The molecule has 7 heteroatoms. The van der Waals surface area contributed by atoms with Gasteiger partial charge in [0.2, 0.25) is 0 Å². The normalized spacial score (nSPS) is 11.9. The number of nitrogens with one attached hydrogen (secondary N) is 1. The average Bonchev–Trinajstić information content (AvgIpc) is 2.30. The zero-order valence-corrected chi connectivity index (χ0v) is 11.2. The van der Waals surface area contributed by atoms with Crippen LogP contribution in [0.15, 0.2) is 0 Å². The van der Waals surface area contributed by atoms with E-state index in [9.17, 15) is 9.59 Å². The van der Waals surface area contributed by atoms with Gasteiger partial charge in [0.05, 0.1) is 6.61 Å². The quantitative estimate of drug-likeness (QED) is 0.666. The predicted octanol–water partition coefficient (Wildman–Crippen LogP) is 0.480. The summed E-state index contributed by atoms with van der Waals surface area (Å²) in [6, 6.07) is -1.23. The van der Waals surface area contributed by atoms with Gasteiger partial charge >= 0.3 is 12.0 Å². The number of aliphatic carboxylic acids is 1. The van der Waals surface area contributed by atoms with Crippen LogP contribution in [0.1, 0.15) is 6.42 Å². The first-order valence-corrected chi connectivity index (χ1v) is 6.64. The summed E-state index contributed by atoms with van der Waals surface area (Å²) in [5.74, 6) is -0.313. The highest BCUT2D eigenvalue weighted by molar-refractivity contribution is 7.98. The van der Waals surface area contributed by atoms with E-state index in [2.05, 4.69) is 5.32 Å². The summed E-state index contributed by atoms with van der Waals surface area (Å²) >= 11 is 1.55. The molecule has 0 aromatic rings. The minimum atomic E-state index is -1.01. The van der Waals surface area contributed by atoms with Crippen molar-refractivity contribution in [3.05, 3.63) is 0 Å². The Morgan fingerprint density at radius 3 is 2.65 bits per heavy atom. The maximum atomic E-state index is 11.6. The van der Waals surface area contributed by atoms with Gasteiger partial charge in [-0.2, -0.15) is 11.8 Å². The number of carboxylic acid groups (broad SMARTS) is 1. The lowest BCUT2D eigenvalue weighted by molar-refractivity contribution is -0.139. The summed E-state index contributed by atoms with van der Waals surface area (Å²) in [7, 11) is 3.14. The molecule has 0 unspecified atom stereocenters. The molecule has 0 fully saturated rings. The lowest BCUT2D eigenvalue weighted by atomic mass is 10.2. The zero-order valence-electron chi connectivity index (χ0n) is 10.4. The number of hydrogen-bond acceptors (Lipinski definition) is 4. The topological polar surface area (TPSA) is 78.9 Å². The summed E-state index contributed by atoms with van der Waals surface area (Å²) in [4.78, 5) is 23.9. The van der Waals surface area contributed by atoms with Crippen molar-refractivity contribution in [3.63, 3.8) is 0 Å². The van der Waals surface area contributed by atoms with Gasteiger partial charge in [-0.05, 0) is 18.4 Å². The van der Waals surface area contributed by atoms with E-state index in [1.165, 1.54) is 4.90 Å². The fraction of sp³-hybridized carbons (Fsp3) is 0.800. The number of methoxy groups -OCH3 is 1. The van der Waals surface area contributed by atoms with Crippen molar-refractivity contribution in [2.45, 2.75) is 12.5 Å². The Kier molecular flexibility index (Phi) is 8.61. The number of urea groups is 1. The Bertz CT molecular complexity index is 250. The molecule has 0 spiro atoms. The second-order valence-electron chi connectivity index (χ2n) is 3.54. The van der Waals surface area contributed by atoms with Crippen LogP contribution < -0.4 is 5.32 Å². The molecule has 0 aromatic heterocycles. The Hall–Kier alpha value is -0.950. The molecule has 0 aliphatic rings. The van der Waals surface area contributed by atoms with Gasteiger partial charge in [0.15, 0.2) is 0 Å². The van der Waals surface area contributed by atoms with Crippen LogP contribution in [-0.2, 0) is 9.53 Å². The van der Waals surface area contributed by atoms with Crippen molar-refractivity contribution < 1.29 is 19.4 Å². The van der Waals surface area contributed by atoms with Crippen LogP contribution in [0, 0.1) is 0 Å². The average molecular weight is 264 g/mol. The van der Waals surface area contributed by atoms with Crippen LogP contribution in [0.3, 0.4) is 0 Å². The molecule has 0 radical (unpaired) electrons. The standard InChI is InChI=1S/C10H20N2O4S/c1-12(5-6-16-2)10(15)11-8(9(13)14)4-7-17-3/h8H,4-7H2,1-3H3,(H,11,15)(H,13,14)/t8-/m1/s1. The van der Waals surface area contributed by atoms with Gasteiger partial charge in [-0.15, -0.1) is 0 Å². The highest BCUT2D eigenvalue weighted by Gasteiger charge is 2.20. The number of amides is 2. The van der Waals surface area contributed by atoms with E-state index in [0.717, 1.165) is 0 Å². The summed E-state index contributed by atoms with van der Waals surface area (Å²) in [6.45, 7) is 0.851. The number of carboxylic acids is 1. The van der Waals surface area contributed by atoms with Gasteiger partial charge in [-0.25, -0.2) is 9.59 Å². The predicted molar refractivity (Wildman–Crippen MR) is 67.5 cm³/mol. The van der Waals surface area contributed by atoms with Crippen molar-refractivity contribution in [2.24, 2.45) is 0 Å². The monoisotopic (exact) mass is 264 g/mol. The molecule has 0 heterocycles. The molecule has 2 N–H and O–H groups in total. The zero-order chi connectivity index (χ0) is 13.3. The Morgan fingerprint density at radius 2 is 2.18 bits per heavy atom. The van der Waals surface area contributed by atoms with Crippen molar-refractivity contribution in [1.82, 2.24) is 10.2 Å². The van der Waals surface area contributed by atoms with Crippen LogP contribution in [0.25, 0.3) is 0 Å². The molecule has 6 nitrogen and oxygen atoms in total. The van der Waals surface area contributed by atoms with Gasteiger partial charge < -0.3 is 20.1 Å². The van der Waals surface area contributed by atoms with Gasteiger partial charge in [0, 0.05) is 20.7 Å². The summed E-state index contributed by atoms with van der Waals surface area (Å²) < 4.78 is 4.84. The van der Waals surface area contributed by atoms with Gasteiger partial charge in [0.25, 0.3) is 0 Å². The summed E-state index contributed by atoms with van der Waals surface area (Å²) in [6.07, 6.45) is 2.31. The van der Waals surface area contributed by atoms with E-state index in [4.69, 9.17) is 9.84 Å². The molecule has 100 valence electrons. The molecule has 17 heavy (non-hydrogen) atoms. The largest absolute Gasteiger partial charge is 0.480 e. The van der Waals surface area contributed by atoms with Gasteiger partial charge in [0.1, 0.15) is 6.04 Å². The number of likely N-dealkylation sites (N-methyl/N-ethyl adjacent to an activating group) is 1. The van der Waals surface area contributed by atoms with Crippen LogP contribution in [-0.4, -0.2) is 67.4 Å². The molecule has 1 atom stereocenters. The highest BCUT2D eigenvalue weighted by atomic mass is 32.2. The third-order valence-electron chi connectivity index (χ3n) is 2.18. The number of carbonyl (C=O) groups excluding carboxylic acids is 1. The lowest BCUT2D eigenvalue weighted by Gasteiger charge is -2.20. The van der Waals surface area contributed by atoms with E-state index in [1.54, 1.807) is 25.9 Å². The number of nitrogens with zero attached hydrogens (tertiary/aromatic N) is 1. The second kappa shape index (κ2) is 9.12. The Balaban J connectivity index is 4.15. The number of carbonyl (C=O) groups is 2. The fourth-order valence-corrected chi connectivity index (χ4v) is 1.55. The first kappa shape index (κ1) is 16.1. The van der Waals surface area contributed by atoms with E-state index in [1.807, 2.05) is 6.26 Å². The molecule has 0 bridgehead atoms. The van der Waals surface area contributed by atoms with Gasteiger partial charge in [-0.3, -0.25) is 0 Å². The van der Waals surface area contributed by atoms with E-state index >= 15 is 0 Å². The minimum Gasteiger partial charge on any atom is -0.480 e. The second-order valence-corrected chi connectivity index (χ2v) is 4.52. The molecule has 0 saturated heterocycles. The van der Waals surface area contributed by atoms with Crippen LogP contribution >= 0.6 is 11.8 Å². The first-order valence-electron chi connectivity index (χ1n) is 5.25. The third kappa shape index (κ3) is 7.06. The Morgan fingerprint density at radius 1 is 1.53 bits per heavy atom. The summed E-state index contributed by atoms with van der Waals surface area (Å²) in [5, 5.41) is 11.4. The SMILES string of the molecule is COCCN(C)C(=O)N[C@H](CCSC)C(=O)O. The number of hydrogen-bond donors (Lipinski definition) is 2. The van der Waals surface area contributed by atoms with Gasteiger partial charge in [-0.1, -0.05) is 0 Å². The maximum absolute atomic E-state index is 11.6. The maximum Gasteiger partial charge on any atom is 0.326 e. The fourth-order valence-electron chi connectivity index (χ4n) is 1.08. The van der Waals surface area contributed by atoms with Crippen molar-refractivity contribution in [1.29, 1.82) is 0 Å². The van der Waals surface area contributed by atoms with Crippen molar-refractivity contribution in [3.8, 4) is 0 Å².